The average molecular weight is 333 g/mol. The smallest absolute Gasteiger partial charge is 0.313 e. The molecule has 0 unspecified atom stereocenters. The van der Waals surface area contributed by atoms with Crippen LogP contribution in [-0.2, 0) is 14.3 Å². The molecule has 1 aromatic carbocycles. The van der Waals surface area contributed by atoms with Gasteiger partial charge in [0, 0.05) is 19.3 Å². The Balaban J connectivity index is 1.61. The summed E-state index contributed by atoms with van der Waals surface area (Å²) in [6.45, 7) is 0.585. The quantitative estimate of drug-likeness (QED) is 0.662. The highest BCUT2D eigenvalue weighted by Gasteiger charge is 2.43. The second kappa shape index (κ2) is 8.10. The molecule has 1 aliphatic carbocycles. The van der Waals surface area contributed by atoms with E-state index in [-0.39, 0.29) is 24.6 Å². The number of carbonyl (C=O) groups is 1. The van der Waals surface area contributed by atoms with E-state index < -0.39 is 5.79 Å². The number of para-hydroxylation sites is 1. The summed E-state index contributed by atoms with van der Waals surface area (Å²) in [7, 11) is 0. The van der Waals surface area contributed by atoms with Gasteiger partial charge in [0.15, 0.2) is 5.79 Å². The van der Waals surface area contributed by atoms with Crippen molar-refractivity contribution < 1.29 is 19.0 Å². The minimum atomic E-state index is -0.520. The number of nitrogens with two attached hydrogens (primary N) is 1. The highest BCUT2D eigenvalue weighted by molar-refractivity contribution is 5.72. The normalized spacial score (nSPS) is 26.2. The Kier molecular flexibility index (Phi) is 5.87. The largest absolute Gasteiger partial charge is 0.426 e. The van der Waals surface area contributed by atoms with Gasteiger partial charge >= 0.3 is 5.97 Å². The minimum absolute atomic E-state index is 0.0661. The molecule has 0 aromatic heterocycles. The summed E-state index contributed by atoms with van der Waals surface area (Å²) in [5, 5.41) is 0. The first-order valence-corrected chi connectivity index (χ1v) is 9.00. The van der Waals surface area contributed by atoms with E-state index in [9.17, 15) is 4.79 Å². The zero-order valence-corrected chi connectivity index (χ0v) is 14.1. The molecule has 1 saturated carbocycles. The Morgan fingerprint density at radius 2 is 1.83 bits per heavy atom. The summed E-state index contributed by atoms with van der Waals surface area (Å²) in [5.41, 5.74) is 5.71. The Labute approximate surface area is 143 Å². The average Bonchev–Trinajstić information content (AvgIpc) is 2.56. The van der Waals surface area contributed by atoms with Crippen LogP contribution in [0.2, 0.25) is 0 Å². The minimum Gasteiger partial charge on any atom is -0.426 e. The summed E-state index contributed by atoms with van der Waals surface area (Å²) in [5.74, 6) is -0.209. The van der Waals surface area contributed by atoms with Crippen LogP contribution in [0.4, 0.5) is 0 Å². The number of benzene rings is 1. The maximum atomic E-state index is 12.2. The fourth-order valence-electron chi connectivity index (χ4n) is 3.69. The van der Waals surface area contributed by atoms with Crippen molar-refractivity contribution in [1.29, 1.82) is 0 Å². The number of carbonyl (C=O) groups excluding carboxylic acids is 1. The first kappa shape index (κ1) is 17.4. The molecule has 1 saturated heterocycles. The van der Waals surface area contributed by atoms with Crippen LogP contribution in [0.5, 0.6) is 5.75 Å². The van der Waals surface area contributed by atoms with Crippen molar-refractivity contribution in [1.82, 2.24) is 0 Å². The lowest BCUT2D eigenvalue weighted by Gasteiger charge is -2.46. The molecule has 1 heterocycles. The van der Waals surface area contributed by atoms with E-state index in [1.54, 1.807) is 12.1 Å². The van der Waals surface area contributed by atoms with Crippen LogP contribution in [0.25, 0.3) is 0 Å². The second-order valence-corrected chi connectivity index (χ2v) is 6.76. The van der Waals surface area contributed by atoms with E-state index >= 15 is 0 Å². The van der Waals surface area contributed by atoms with E-state index in [0.717, 1.165) is 32.1 Å². The van der Waals surface area contributed by atoms with Crippen molar-refractivity contribution in [2.45, 2.75) is 69.4 Å². The molecular weight excluding hydrogens is 306 g/mol. The molecule has 1 aliphatic heterocycles. The van der Waals surface area contributed by atoms with Crippen LogP contribution in [0.15, 0.2) is 30.3 Å². The van der Waals surface area contributed by atoms with E-state index in [0.29, 0.717) is 18.7 Å². The molecule has 0 amide bonds. The zero-order valence-electron chi connectivity index (χ0n) is 14.1. The summed E-state index contributed by atoms with van der Waals surface area (Å²) in [6.07, 6.45) is 6.89. The van der Waals surface area contributed by atoms with Gasteiger partial charge in [-0.25, -0.2) is 0 Å². The number of hydrogen-bond acceptors (Lipinski definition) is 5. The highest BCUT2D eigenvalue weighted by Crippen LogP contribution is 2.40. The number of esters is 1. The van der Waals surface area contributed by atoms with Crippen LogP contribution in [0, 0.1) is 0 Å². The zero-order chi connectivity index (χ0) is 16.8. The van der Waals surface area contributed by atoms with Gasteiger partial charge in [-0.2, -0.15) is 0 Å². The van der Waals surface area contributed by atoms with Gasteiger partial charge in [0.05, 0.1) is 18.6 Å². The topological polar surface area (TPSA) is 70.8 Å². The van der Waals surface area contributed by atoms with Crippen molar-refractivity contribution in [3.8, 4) is 5.75 Å². The van der Waals surface area contributed by atoms with Crippen molar-refractivity contribution in [3.05, 3.63) is 30.3 Å². The molecule has 1 spiro atoms. The van der Waals surface area contributed by atoms with Crippen molar-refractivity contribution in [2.24, 2.45) is 5.73 Å². The van der Waals surface area contributed by atoms with Crippen molar-refractivity contribution >= 4 is 5.97 Å². The van der Waals surface area contributed by atoms with Crippen LogP contribution in [0.1, 0.15) is 51.4 Å². The van der Waals surface area contributed by atoms with Gasteiger partial charge in [0.25, 0.3) is 0 Å². The molecule has 2 fully saturated rings. The van der Waals surface area contributed by atoms with Crippen LogP contribution in [0.3, 0.4) is 0 Å². The van der Waals surface area contributed by atoms with Crippen molar-refractivity contribution in [3.63, 3.8) is 0 Å². The van der Waals surface area contributed by atoms with Gasteiger partial charge in [-0.15, -0.1) is 0 Å². The van der Waals surface area contributed by atoms with E-state index in [1.165, 1.54) is 6.42 Å². The summed E-state index contributed by atoms with van der Waals surface area (Å²) < 4.78 is 17.9. The molecule has 1 aromatic rings. The standard InChI is InChI=1S/C19H27NO4/c20-12-9-16-13-17(24-19(23-16)10-5-2-6-11-19)14-18(21)22-15-7-3-1-4-8-15/h1,3-4,7-8,16-17H,2,5-6,9-14,20H2/t16-,17-/m1/s1. The fraction of sp³-hybridized carbons (Fsp3) is 0.632. The molecule has 2 N–H and O–H groups in total. The predicted molar refractivity (Wildman–Crippen MR) is 90.5 cm³/mol. The molecule has 5 heteroatoms. The van der Waals surface area contributed by atoms with E-state index in [2.05, 4.69) is 0 Å². The van der Waals surface area contributed by atoms with Gasteiger partial charge in [0.1, 0.15) is 5.75 Å². The summed E-state index contributed by atoms with van der Waals surface area (Å²) in [4.78, 5) is 12.2. The Bertz CT molecular complexity index is 527. The fourth-order valence-corrected chi connectivity index (χ4v) is 3.69. The molecule has 0 radical (unpaired) electrons. The van der Waals surface area contributed by atoms with Gasteiger partial charge < -0.3 is 19.9 Å². The van der Waals surface area contributed by atoms with Crippen LogP contribution >= 0.6 is 0 Å². The molecule has 2 atom stereocenters. The molecule has 2 aliphatic rings. The Morgan fingerprint density at radius 3 is 2.54 bits per heavy atom. The lowest BCUT2D eigenvalue weighted by atomic mass is 9.91. The van der Waals surface area contributed by atoms with Crippen LogP contribution < -0.4 is 10.5 Å². The Hall–Kier alpha value is -1.43. The lowest BCUT2D eigenvalue weighted by molar-refractivity contribution is -0.328. The number of ether oxygens (including phenoxy) is 3. The van der Waals surface area contributed by atoms with Crippen molar-refractivity contribution in [2.75, 3.05) is 6.54 Å². The first-order valence-electron chi connectivity index (χ1n) is 9.00. The van der Waals surface area contributed by atoms with Gasteiger partial charge in [0.2, 0.25) is 0 Å². The highest BCUT2D eigenvalue weighted by atomic mass is 16.7. The Morgan fingerprint density at radius 1 is 1.12 bits per heavy atom. The third-order valence-electron chi connectivity index (χ3n) is 4.76. The predicted octanol–water partition coefficient (Wildman–Crippen LogP) is 3.17. The number of hydrogen-bond donors (Lipinski definition) is 1. The summed E-state index contributed by atoms with van der Waals surface area (Å²) in [6, 6.07) is 9.15. The van der Waals surface area contributed by atoms with E-state index in [4.69, 9.17) is 19.9 Å². The number of rotatable bonds is 5. The monoisotopic (exact) mass is 333 g/mol. The molecular formula is C19H27NO4. The molecule has 24 heavy (non-hydrogen) atoms. The lowest BCUT2D eigenvalue weighted by Crippen LogP contribution is -2.50. The maximum Gasteiger partial charge on any atom is 0.313 e. The third kappa shape index (κ3) is 4.56. The SMILES string of the molecule is NCC[C@@H]1C[C@H](CC(=O)Oc2ccccc2)OC2(CCCCC2)O1. The van der Waals surface area contributed by atoms with Gasteiger partial charge in [-0.1, -0.05) is 24.6 Å². The van der Waals surface area contributed by atoms with Gasteiger partial charge in [-0.05, 0) is 37.9 Å². The molecule has 5 nitrogen and oxygen atoms in total. The van der Waals surface area contributed by atoms with Gasteiger partial charge in [-0.3, -0.25) is 4.79 Å². The molecule has 132 valence electrons. The maximum absolute atomic E-state index is 12.2. The molecule has 0 bridgehead atoms. The second-order valence-electron chi connectivity index (χ2n) is 6.76. The van der Waals surface area contributed by atoms with E-state index in [1.807, 2.05) is 18.2 Å². The molecule has 3 rings (SSSR count). The van der Waals surface area contributed by atoms with Crippen LogP contribution in [-0.4, -0.2) is 30.5 Å². The third-order valence-corrected chi connectivity index (χ3v) is 4.76. The first-order chi connectivity index (χ1) is 11.7. The summed E-state index contributed by atoms with van der Waals surface area (Å²) >= 11 is 0.